The van der Waals surface area contributed by atoms with Crippen LogP contribution in [0.2, 0.25) is 0 Å². The number of halogens is 1. The number of aryl methyl sites for hydroxylation is 1. The first-order valence-electron chi connectivity index (χ1n) is 10.5. The van der Waals surface area contributed by atoms with Crippen molar-refractivity contribution in [1.29, 1.82) is 0 Å². The lowest BCUT2D eigenvalue weighted by Crippen LogP contribution is -2.13. The van der Waals surface area contributed by atoms with Crippen molar-refractivity contribution in [2.75, 3.05) is 7.11 Å². The highest BCUT2D eigenvalue weighted by atomic mass is 79.9. The Morgan fingerprint density at radius 2 is 2.00 bits per heavy atom. The van der Waals surface area contributed by atoms with Crippen molar-refractivity contribution in [3.63, 3.8) is 0 Å². The average Bonchev–Trinajstić information content (AvgIpc) is 3.43. The van der Waals surface area contributed by atoms with Gasteiger partial charge in [-0.05, 0) is 61.9 Å². The summed E-state index contributed by atoms with van der Waals surface area (Å²) in [6, 6.07) is 14.4. The van der Waals surface area contributed by atoms with Gasteiger partial charge in [-0.25, -0.2) is 4.98 Å². The molecule has 0 saturated heterocycles. The van der Waals surface area contributed by atoms with Crippen LogP contribution in [0.25, 0.3) is 11.3 Å². The number of thiazole rings is 1. The van der Waals surface area contributed by atoms with E-state index in [1.54, 1.807) is 11.3 Å². The molecule has 0 spiro atoms. The summed E-state index contributed by atoms with van der Waals surface area (Å²) in [6.07, 6.45) is 3.79. The summed E-state index contributed by atoms with van der Waals surface area (Å²) < 4.78 is 12.1. The second kappa shape index (κ2) is 9.96. The number of ether oxygens (including phenoxy) is 2. The summed E-state index contributed by atoms with van der Waals surface area (Å²) in [5.41, 5.74) is 4.28. The number of methoxy groups -OCH3 is 1. The number of hydrogen-bond acceptors (Lipinski definition) is 5. The van der Waals surface area contributed by atoms with E-state index in [2.05, 4.69) is 52.5 Å². The van der Waals surface area contributed by atoms with Crippen LogP contribution < -0.4 is 4.74 Å². The molecule has 0 N–H and O–H groups in total. The van der Waals surface area contributed by atoms with E-state index in [0.29, 0.717) is 12.5 Å². The molecule has 31 heavy (non-hydrogen) atoms. The Bertz CT molecular complexity index is 1050. The highest BCUT2D eigenvalue weighted by Gasteiger charge is 2.31. The van der Waals surface area contributed by atoms with Gasteiger partial charge in [0.15, 0.2) is 0 Å². The molecule has 1 saturated carbocycles. The number of rotatable bonds is 7. The van der Waals surface area contributed by atoms with Gasteiger partial charge in [0, 0.05) is 21.8 Å². The highest BCUT2D eigenvalue weighted by molar-refractivity contribution is 9.10. The molecule has 1 aliphatic rings. The number of carbonyl (C=O) groups excluding carboxylic acids is 1. The molecule has 0 radical (unpaired) electrons. The van der Waals surface area contributed by atoms with Gasteiger partial charge in [-0.1, -0.05) is 39.7 Å². The molecule has 1 heterocycles. The van der Waals surface area contributed by atoms with Crippen LogP contribution in [0.1, 0.15) is 35.4 Å². The van der Waals surface area contributed by atoms with Crippen molar-refractivity contribution in [2.24, 2.45) is 11.8 Å². The molecule has 2 atom stereocenters. The van der Waals surface area contributed by atoms with E-state index in [-0.39, 0.29) is 11.9 Å². The van der Waals surface area contributed by atoms with Crippen molar-refractivity contribution in [2.45, 2.75) is 39.2 Å². The Morgan fingerprint density at radius 3 is 2.77 bits per heavy atom. The first-order valence-corrected chi connectivity index (χ1v) is 12.2. The maximum Gasteiger partial charge on any atom is 0.308 e. The average molecular weight is 500 g/mol. The monoisotopic (exact) mass is 499 g/mol. The minimum Gasteiger partial charge on any atom is -0.488 e. The number of aromatic nitrogens is 1. The van der Waals surface area contributed by atoms with Crippen molar-refractivity contribution in [3.05, 3.63) is 68.5 Å². The fraction of sp³-hybridized carbons (Fsp3) is 0.360. The molecular formula is C25H26BrNO3S. The third kappa shape index (κ3) is 5.55. The van der Waals surface area contributed by atoms with E-state index < -0.39 is 0 Å². The van der Waals surface area contributed by atoms with Crippen molar-refractivity contribution < 1.29 is 14.3 Å². The normalized spacial score (nSPS) is 18.2. The van der Waals surface area contributed by atoms with Crippen molar-refractivity contribution in [1.82, 2.24) is 4.98 Å². The minimum atomic E-state index is -0.0744. The zero-order chi connectivity index (χ0) is 21.8. The quantitative estimate of drug-likeness (QED) is 0.344. The van der Waals surface area contributed by atoms with Crippen molar-refractivity contribution >= 4 is 33.2 Å². The van der Waals surface area contributed by atoms with E-state index in [9.17, 15) is 4.79 Å². The van der Waals surface area contributed by atoms with E-state index in [1.807, 2.05) is 18.2 Å². The molecule has 3 aromatic rings. The van der Waals surface area contributed by atoms with Crippen LogP contribution in [0.3, 0.4) is 0 Å². The van der Waals surface area contributed by atoms with E-state index >= 15 is 0 Å². The molecule has 0 amide bonds. The zero-order valence-corrected chi connectivity index (χ0v) is 20.2. The maximum atomic E-state index is 11.8. The Balaban J connectivity index is 1.46. The van der Waals surface area contributed by atoms with Gasteiger partial charge < -0.3 is 9.47 Å². The third-order valence-electron chi connectivity index (χ3n) is 5.81. The van der Waals surface area contributed by atoms with Gasteiger partial charge in [0.2, 0.25) is 0 Å². The molecular weight excluding hydrogens is 474 g/mol. The fourth-order valence-corrected chi connectivity index (χ4v) is 5.30. The van der Waals surface area contributed by atoms with Gasteiger partial charge >= 0.3 is 5.97 Å². The Labute approximate surface area is 195 Å². The van der Waals surface area contributed by atoms with Crippen LogP contribution in [0.15, 0.2) is 52.3 Å². The topological polar surface area (TPSA) is 48.4 Å². The van der Waals surface area contributed by atoms with Gasteiger partial charge in [-0.2, -0.15) is 0 Å². The summed E-state index contributed by atoms with van der Waals surface area (Å²) in [7, 11) is 1.47. The number of nitrogens with zero attached hydrogens (tertiary/aromatic N) is 1. The molecule has 4 nitrogen and oxygen atoms in total. The molecule has 0 aliphatic heterocycles. The molecule has 162 valence electrons. The van der Waals surface area contributed by atoms with Crippen LogP contribution in [0.4, 0.5) is 0 Å². The van der Waals surface area contributed by atoms with Crippen LogP contribution in [-0.2, 0) is 22.6 Å². The lowest BCUT2D eigenvalue weighted by molar-refractivity contribution is -0.145. The summed E-state index contributed by atoms with van der Waals surface area (Å²) in [4.78, 5) is 16.7. The molecule has 2 aromatic carbocycles. The largest absolute Gasteiger partial charge is 0.488 e. The molecule has 1 aromatic heterocycles. The summed E-state index contributed by atoms with van der Waals surface area (Å²) >= 11 is 5.16. The van der Waals surface area contributed by atoms with Crippen LogP contribution >= 0.6 is 27.3 Å². The smallest absolute Gasteiger partial charge is 0.308 e. The van der Waals surface area contributed by atoms with Gasteiger partial charge in [0.05, 0.1) is 23.7 Å². The van der Waals surface area contributed by atoms with E-state index in [4.69, 9.17) is 14.5 Å². The standard InChI is InChI=1S/C25H26BrNO3S/c1-16-3-10-23(30-14-17-5-8-20(26)9-6-17)21(11-16)22-15-31-24(27-22)13-18-4-7-19(12-18)25(28)29-2/h3,5-6,8-11,15,18-19H,4,7,12-14H2,1-2H3/t18-,19+/m1/s1. The van der Waals surface area contributed by atoms with E-state index in [0.717, 1.165) is 57.7 Å². The second-order valence-corrected chi connectivity index (χ2v) is 10.0. The maximum absolute atomic E-state index is 11.8. The second-order valence-electron chi connectivity index (χ2n) is 8.14. The third-order valence-corrected chi connectivity index (χ3v) is 7.21. The van der Waals surface area contributed by atoms with E-state index in [1.165, 1.54) is 12.7 Å². The lowest BCUT2D eigenvalue weighted by Gasteiger charge is -2.12. The predicted molar refractivity (Wildman–Crippen MR) is 127 cm³/mol. The molecule has 0 bridgehead atoms. The van der Waals surface area contributed by atoms with Gasteiger partial charge in [0.1, 0.15) is 12.4 Å². The SMILES string of the molecule is COC(=O)[C@H]1CC[C@@H](Cc2nc(-c3cc(C)ccc3OCc3ccc(Br)cc3)cs2)C1. The summed E-state index contributed by atoms with van der Waals surface area (Å²) in [6.45, 7) is 2.60. The molecule has 6 heteroatoms. The predicted octanol–water partition coefficient (Wildman–Crippen LogP) is 6.59. The first-order chi connectivity index (χ1) is 15.0. The number of carbonyl (C=O) groups is 1. The van der Waals surface area contributed by atoms with Gasteiger partial charge in [0.25, 0.3) is 0 Å². The van der Waals surface area contributed by atoms with Gasteiger partial charge in [-0.3, -0.25) is 4.79 Å². The van der Waals surface area contributed by atoms with Crippen LogP contribution in [-0.4, -0.2) is 18.1 Å². The van der Waals surface area contributed by atoms with Crippen molar-refractivity contribution in [3.8, 4) is 17.0 Å². The number of hydrogen-bond donors (Lipinski definition) is 0. The molecule has 0 unspecified atom stereocenters. The Hall–Kier alpha value is -2.18. The summed E-state index contributed by atoms with van der Waals surface area (Å²) in [5, 5.41) is 3.23. The molecule has 1 aliphatic carbocycles. The number of benzene rings is 2. The van der Waals surface area contributed by atoms with Crippen LogP contribution in [0.5, 0.6) is 5.75 Å². The van der Waals surface area contributed by atoms with Gasteiger partial charge in [-0.15, -0.1) is 11.3 Å². The summed E-state index contributed by atoms with van der Waals surface area (Å²) in [5.74, 6) is 1.31. The van der Waals surface area contributed by atoms with Crippen LogP contribution in [0, 0.1) is 18.8 Å². The number of esters is 1. The lowest BCUT2D eigenvalue weighted by atomic mass is 10.0. The molecule has 4 rings (SSSR count). The minimum absolute atomic E-state index is 0.0461. The zero-order valence-electron chi connectivity index (χ0n) is 17.8. The first kappa shape index (κ1) is 22.0. The Morgan fingerprint density at radius 1 is 1.19 bits per heavy atom. The Kier molecular flexibility index (Phi) is 7.08. The highest BCUT2D eigenvalue weighted by Crippen LogP contribution is 2.37. The fourth-order valence-electron chi connectivity index (χ4n) is 4.13. The molecule has 1 fully saturated rings.